The second kappa shape index (κ2) is 4.53. The summed E-state index contributed by atoms with van der Waals surface area (Å²) in [6, 6.07) is 0. The Morgan fingerprint density at radius 2 is 2.21 bits per heavy atom. The molecular formula is C6H12N6O2. The van der Waals surface area contributed by atoms with Crippen LogP contribution in [0.25, 0.3) is 0 Å². The molecule has 1 aromatic heterocycles. The molecule has 0 aliphatic rings. The molecule has 0 saturated carbocycles. The van der Waals surface area contributed by atoms with Gasteiger partial charge in [0.15, 0.2) is 0 Å². The fourth-order valence-corrected chi connectivity index (χ4v) is 0.752. The molecule has 0 aromatic carbocycles. The molecule has 0 aliphatic carbocycles. The van der Waals surface area contributed by atoms with E-state index < -0.39 is 0 Å². The predicted molar refractivity (Wildman–Crippen MR) is 50.4 cm³/mol. The van der Waals surface area contributed by atoms with Crippen molar-refractivity contribution in [1.29, 1.82) is 0 Å². The molecule has 14 heavy (non-hydrogen) atoms. The third-order valence-electron chi connectivity index (χ3n) is 1.39. The summed E-state index contributed by atoms with van der Waals surface area (Å²) < 4.78 is 0. The van der Waals surface area contributed by atoms with E-state index in [9.17, 15) is 0 Å². The zero-order valence-corrected chi connectivity index (χ0v) is 7.93. The quantitative estimate of drug-likeness (QED) is 0.411. The molecule has 8 heteroatoms. The molecule has 0 amide bonds. The molecule has 1 heterocycles. The first-order chi connectivity index (χ1) is 6.67. The normalized spacial score (nSPS) is 9.93. The van der Waals surface area contributed by atoms with Crippen molar-refractivity contribution in [2.45, 2.75) is 0 Å². The molecular weight excluding hydrogens is 188 g/mol. The van der Waals surface area contributed by atoms with Crippen molar-refractivity contribution >= 4 is 17.8 Å². The van der Waals surface area contributed by atoms with Crippen LogP contribution in [0.3, 0.4) is 0 Å². The fraction of sp³-hybridized carbons (Fsp3) is 0.500. The van der Waals surface area contributed by atoms with Crippen molar-refractivity contribution < 1.29 is 9.94 Å². The first-order valence-corrected chi connectivity index (χ1v) is 3.80. The van der Waals surface area contributed by atoms with Gasteiger partial charge in [-0.15, -0.1) is 0 Å². The molecule has 1 aromatic rings. The van der Waals surface area contributed by atoms with Gasteiger partial charge in [-0.1, -0.05) is 0 Å². The molecule has 0 atom stereocenters. The van der Waals surface area contributed by atoms with E-state index in [4.69, 9.17) is 10.8 Å². The van der Waals surface area contributed by atoms with Gasteiger partial charge in [0.1, 0.15) is 6.73 Å². The Bertz CT molecular complexity index is 306. The predicted octanol–water partition coefficient (Wildman–Crippen LogP) is -1.19. The average Bonchev–Trinajstić information content (AvgIpc) is 2.16. The SMILES string of the molecule is CONc1nc(N)nc(N(C)CO)n1. The lowest BCUT2D eigenvalue weighted by atomic mass is 10.7. The van der Waals surface area contributed by atoms with Crippen LogP contribution in [0.2, 0.25) is 0 Å². The summed E-state index contributed by atoms with van der Waals surface area (Å²) in [6.45, 7) is -0.212. The van der Waals surface area contributed by atoms with Gasteiger partial charge in [0.2, 0.25) is 11.9 Å². The number of nitrogens with one attached hydrogen (secondary N) is 1. The van der Waals surface area contributed by atoms with E-state index in [-0.39, 0.29) is 24.6 Å². The molecule has 0 radical (unpaired) electrons. The van der Waals surface area contributed by atoms with Gasteiger partial charge < -0.3 is 15.7 Å². The molecule has 1 rings (SSSR count). The minimum absolute atomic E-state index is 0.0508. The Morgan fingerprint density at radius 3 is 2.79 bits per heavy atom. The average molecular weight is 200 g/mol. The van der Waals surface area contributed by atoms with Crippen LogP contribution in [-0.2, 0) is 4.84 Å². The lowest BCUT2D eigenvalue weighted by Gasteiger charge is -2.13. The second-order valence-corrected chi connectivity index (χ2v) is 2.46. The van der Waals surface area contributed by atoms with Crippen LogP contribution in [0, 0.1) is 0 Å². The van der Waals surface area contributed by atoms with Crippen LogP contribution in [0.4, 0.5) is 17.8 Å². The Hall–Kier alpha value is -1.67. The van der Waals surface area contributed by atoms with Crippen LogP contribution in [-0.4, -0.2) is 40.9 Å². The van der Waals surface area contributed by atoms with Gasteiger partial charge in [0.25, 0.3) is 5.95 Å². The molecule has 0 saturated heterocycles. The van der Waals surface area contributed by atoms with E-state index in [0.29, 0.717) is 0 Å². The minimum atomic E-state index is -0.212. The third-order valence-corrected chi connectivity index (χ3v) is 1.39. The monoisotopic (exact) mass is 200 g/mol. The van der Waals surface area contributed by atoms with Crippen molar-refractivity contribution in [3.63, 3.8) is 0 Å². The Morgan fingerprint density at radius 1 is 1.50 bits per heavy atom. The number of rotatable bonds is 4. The lowest BCUT2D eigenvalue weighted by Crippen LogP contribution is -2.22. The van der Waals surface area contributed by atoms with E-state index in [1.54, 1.807) is 7.05 Å². The summed E-state index contributed by atoms with van der Waals surface area (Å²) in [5.74, 6) is 0.504. The van der Waals surface area contributed by atoms with Gasteiger partial charge in [0.05, 0.1) is 7.11 Å². The summed E-state index contributed by atoms with van der Waals surface area (Å²) in [4.78, 5) is 17.5. The molecule has 0 unspecified atom stereocenters. The minimum Gasteiger partial charge on any atom is -0.376 e. The fourth-order valence-electron chi connectivity index (χ4n) is 0.752. The summed E-state index contributed by atoms with van der Waals surface area (Å²) >= 11 is 0. The van der Waals surface area contributed by atoms with E-state index in [1.165, 1.54) is 12.0 Å². The number of nitrogens with zero attached hydrogens (tertiary/aromatic N) is 4. The van der Waals surface area contributed by atoms with Gasteiger partial charge in [-0.3, -0.25) is 4.84 Å². The molecule has 0 spiro atoms. The molecule has 0 aliphatic heterocycles. The van der Waals surface area contributed by atoms with E-state index in [2.05, 4.69) is 25.3 Å². The van der Waals surface area contributed by atoms with Gasteiger partial charge >= 0.3 is 0 Å². The van der Waals surface area contributed by atoms with Crippen molar-refractivity contribution in [2.24, 2.45) is 0 Å². The second-order valence-electron chi connectivity index (χ2n) is 2.46. The number of nitrogen functional groups attached to an aromatic ring is 1. The summed E-state index contributed by atoms with van der Waals surface area (Å²) in [6.07, 6.45) is 0. The zero-order valence-electron chi connectivity index (χ0n) is 7.93. The zero-order chi connectivity index (χ0) is 10.6. The van der Waals surface area contributed by atoms with Crippen molar-refractivity contribution in [1.82, 2.24) is 15.0 Å². The Balaban J connectivity index is 2.94. The van der Waals surface area contributed by atoms with Gasteiger partial charge in [-0.2, -0.15) is 15.0 Å². The van der Waals surface area contributed by atoms with Crippen LogP contribution in [0.15, 0.2) is 0 Å². The number of hydrogen-bond donors (Lipinski definition) is 3. The Kier molecular flexibility index (Phi) is 3.37. The maximum atomic E-state index is 8.83. The lowest BCUT2D eigenvalue weighted by molar-refractivity contribution is 0.266. The number of aliphatic hydroxyl groups excluding tert-OH is 1. The standard InChI is InChI=1S/C6H12N6O2/c1-12(3-13)6-9-4(7)8-5(10-6)11-14-2/h13H,3H2,1-2H3,(H3,7,8,9,10,11). The summed E-state index contributed by atoms with van der Waals surface area (Å²) in [5, 5.41) is 8.83. The molecule has 0 bridgehead atoms. The highest BCUT2D eigenvalue weighted by atomic mass is 16.6. The molecule has 4 N–H and O–H groups in total. The number of hydrogen-bond acceptors (Lipinski definition) is 8. The molecule has 8 nitrogen and oxygen atoms in total. The van der Waals surface area contributed by atoms with Crippen LogP contribution in [0.5, 0.6) is 0 Å². The third kappa shape index (κ3) is 2.41. The molecule has 0 fully saturated rings. The Labute approximate surface area is 80.7 Å². The maximum absolute atomic E-state index is 8.83. The first kappa shape index (κ1) is 10.4. The number of nitrogens with two attached hydrogens (primary N) is 1. The number of aliphatic hydroxyl groups is 1. The van der Waals surface area contributed by atoms with Crippen molar-refractivity contribution in [3.8, 4) is 0 Å². The topological polar surface area (TPSA) is 109 Å². The van der Waals surface area contributed by atoms with Gasteiger partial charge in [0, 0.05) is 7.05 Å². The largest absolute Gasteiger partial charge is 0.376 e. The smallest absolute Gasteiger partial charge is 0.253 e. The van der Waals surface area contributed by atoms with Crippen LogP contribution < -0.4 is 16.1 Å². The number of anilines is 3. The van der Waals surface area contributed by atoms with Crippen molar-refractivity contribution in [2.75, 3.05) is 37.0 Å². The highest BCUT2D eigenvalue weighted by Crippen LogP contribution is 2.09. The van der Waals surface area contributed by atoms with Crippen LogP contribution in [0.1, 0.15) is 0 Å². The number of aromatic nitrogens is 3. The van der Waals surface area contributed by atoms with Crippen molar-refractivity contribution in [3.05, 3.63) is 0 Å². The van der Waals surface area contributed by atoms with E-state index >= 15 is 0 Å². The first-order valence-electron chi connectivity index (χ1n) is 3.80. The van der Waals surface area contributed by atoms with E-state index in [1.807, 2.05) is 0 Å². The van der Waals surface area contributed by atoms with E-state index in [0.717, 1.165) is 0 Å². The summed E-state index contributed by atoms with van der Waals surface area (Å²) in [5.41, 5.74) is 7.83. The van der Waals surface area contributed by atoms with Crippen LogP contribution >= 0.6 is 0 Å². The molecule has 78 valence electrons. The van der Waals surface area contributed by atoms with Gasteiger partial charge in [-0.05, 0) is 0 Å². The highest BCUT2D eigenvalue weighted by molar-refractivity contribution is 5.39. The van der Waals surface area contributed by atoms with Gasteiger partial charge in [-0.25, -0.2) is 5.48 Å². The highest BCUT2D eigenvalue weighted by Gasteiger charge is 2.07. The summed E-state index contributed by atoms with van der Waals surface area (Å²) in [7, 11) is 3.04. The maximum Gasteiger partial charge on any atom is 0.253 e.